The molecule has 0 spiro atoms. The molecule has 25 heavy (non-hydrogen) atoms. The van der Waals surface area contributed by atoms with Gasteiger partial charge in [-0.15, -0.1) is 0 Å². The van der Waals surface area contributed by atoms with E-state index in [4.69, 9.17) is 0 Å². The third kappa shape index (κ3) is 4.27. The number of benzene rings is 1. The maximum Gasteiger partial charge on any atom is 0.220 e. The maximum absolute atomic E-state index is 13.1. The summed E-state index contributed by atoms with van der Waals surface area (Å²) in [5.41, 5.74) is 2.75. The van der Waals surface area contributed by atoms with Crippen LogP contribution in [-0.2, 0) is 4.79 Å². The van der Waals surface area contributed by atoms with Gasteiger partial charge in [-0.3, -0.25) is 4.79 Å². The second-order valence-electron chi connectivity index (χ2n) is 7.07. The molecule has 2 aromatic rings. The highest BCUT2D eigenvalue weighted by Gasteiger charge is 2.20. The topological polar surface area (TPSA) is 46.9 Å². The van der Waals surface area contributed by atoms with E-state index in [-0.39, 0.29) is 17.8 Å². The summed E-state index contributed by atoms with van der Waals surface area (Å²) in [6.07, 6.45) is 8.54. The Morgan fingerprint density at radius 1 is 1.28 bits per heavy atom. The molecule has 1 aliphatic carbocycles. The van der Waals surface area contributed by atoms with Gasteiger partial charge in [-0.2, -0.15) is 5.10 Å². The van der Waals surface area contributed by atoms with E-state index in [0.717, 1.165) is 16.9 Å². The normalized spacial score (nSPS) is 16.6. The molecule has 1 aromatic carbocycles. The van der Waals surface area contributed by atoms with Gasteiger partial charge in [-0.05, 0) is 56.9 Å². The number of hydrogen-bond donors (Lipinski definition) is 1. The van der Waals surface area contributed by atoms with Gasteiger partial charge in [0.25, 0.3) is 0 Å². The Bertz CT molecular complexity index is 717. The fraction of sp³-hybridized carbons (Fsp3) is 0.500. The van der Waals surface area contributed by atoms with E-state index in [9.17, 15) is 9.18 Å². The standard InChI is InChI=1S/C20H26FN3O/c1-14(23-20(25)12-16-6-4-3-5-7-16)19-13-22-24(15(19)2)18-10-8-17(21)9-11-18/h8-11,13-14,16H,3-7,12H2,1-2H3,(H,23,25). The molecule has 1 aliphatic rings. The number of carbonyl (C=O) groups excluding carboxylic acids is 1. The summed E-state index contributed by atoms with van der Waals surface area (Å²) in [7, 11) is 0. The summed E-state index contributed by atoms with van der Waals surface area (Å²) in [6, 6.07) is 6.15. The Labute approximate surface area is 148 Å². The van der Waals surface area contributed by atoms with Crippen LogP contribution in [0.15, 0.2) is 30.5 Å². The lowest BCUT2D eigenvalue weighted by molar-refractivity contribution is -0.122. The fourth-order valence-electron chi connectivity index (χ4n) is 3.72. The Kier molecular flexibility index (Phi) is 5.51. The van der Waals surface area contributed by atoms with Crippen LogP contribution in [0.5, 0.6) is 0 Å². The highest BCUT2D eigenvalue weighted by molar-refractivity contribution is 5.76. The maximum atomic E-state index is 13.1. The predicted molar refractivity (Wildman–Crippen MR) is 96.0 cm³/mol. The number of amides is 1. The number of aromatic nitrogens is 2. The molecule has 1 saturated carbocycles. The van der Waals surface area contributed by atoms with Crippen LogP contribution in [0.3, 0.4) is 0 Å². The number of rotatable bonds is 5. The molecule has 1 unspecified atom stereocenters. The summed E-state index contributed by atoms with van der Waals surface area (Å²) in [5, 5.41) is 7.51. The van der Waals surface area contributed by atoms with Gasteiger partial charge in [0, 0.05) is 17.7 Å². The number of nitrogens with zero attached hydrogens (tertiary/aromatic N) is 2. The van der Waals surface area contributed by atoms with Crippen molar-refractivity contribution < 1.29 is 9.18 Å². The molecule has 4 nitrogen and oxygen atoms in total. The third-order valence-corrected chi connectivity index (χ3v) is 5.16. The summed E-state index contributed by atoms with van der Waals surface area (Å²) in [4.78, 5) is 12.3. The molecule has 1 N–H and O–H groups in total. The van der Waals surface area contributed by atoms with Crippen molar-refractivity contribution in [1.82, 2.24) is 15.1 Å². The van der Waals surface area contributed by atoms with Crippen LogP contribution in [-0.4, -0.2) is 15.7 Å². The van der Waals surface area contributed by atoms with Crippen LogP contribution in [0.2, 0.25) is 0 Å². The number of carbonyl (C=O) groups is 1. The number of halogens is 1. The fourth-order valence-corrected chi connectivity index (χ4v) is 3.72. The van der Waals surface area contributed by atoms with E-state index in [1.54, 1.807) is 23.0 Å². The second kappa shape index (κ2) is 7.81. The van der Waals surface area contributed by atoms with Crippen LogP contribution < -0.4 is 5.32 Å². The highest BCUT2D eigenvalue weighted by atomic mass is 19.1. The minimum Gasteiger partial charge on any atom is -0.349 e. The summed E-state index contributed by atoms with van der Waals surface area (Å²) in [5.74, 6) is 0.384. The molecule has 1 amide bonds. The molecule has 0 bridgehead atoms. The van der Waals surface area contributed by atoms with Gasteiger partial charge in [-0.25, -0.2) is 9.07 Å². The largest absolute Gasteiger partial charge is 0.349 e. The minimum atomic E-state index is -0.267. The monoisotopic (exact) mass is 343 g/mol. The van der Waals surface area contributed by atoms with E-state index in [2.05, 4.69) is 10.4 Å². The first-order valence-electron chi connectivity index (χ1n) is 9.14. The quantitative estimate of drug-likeness (QED) is 0.871. The molecule has 1 fully saturated rings. The molecular weight excluding hydrogens is 317 g/mol. The zero-order chi connectivity index (χ0) is 17.8. The first-order chi connectivity index (χ1) is 12.0. The Hall–Kier alpha value is -2.17. The van der Waals surface area contributed by atoms with Crippen molar-refractivity contribution in [1.29, 1.82) is 0 Å². The molecule has 0 aliphatic heterocycles. The Morgan fingerprint density at radius 3 is 2.64 bits per heavy atom. The average molecular weight is 343 g/mol. The molecule has 0 radical (unpaired) electrons. The Morgan fingerprint density at radius 2 is 1.96 bits per heavy atom. The lowest BCUT2D eigenvalue weighted by Crippen LogP contribution is -2.29. The van der Waals surface area contributed by atoms with Gasteiger partial charge >= 0.3 is 0 Å². The van der Waals surface area contributed by atoms with E-state index in [0.29, 0.717) is 12.3 Å². The molecule has 1 heterocycles. The van der Waals surface area contributed by atoms with Crippen molar-refractivity contribution in [2.45, 2.75) is 58.4 Å². The van der Waals surface area contributed by atoms with Gasteiger partial charge in [0.1, 0.15) is 5.82 Å². The molecule has 5 heteroatoms. The highest BCUT2D eigenvalue weighted by Crippen LogP contribution is 2.27. The Balaban J connectivity index is 1.65. The van der Waals surface area contributed by atoms with Crippen LogP contribution in [0.1, 0.15) is 62.7 Å². The molecule has 1 atom stereocenters. The second-order valence-corrected chi connectivity index (χ2v) is 7.07. The van der Waals surface area contributed by atoms with Crippen molar-refractivity contribution >= 4 is 5.91 Å². The predicted octanol–water partition coefficient (Wildman–Crippen LogP) is 4.47. The number of hydrogen-bond acceptors (Lipinski definition) is 2. The van der Waals surface area contributed by atoms with Crippen LogP contribution in [0, 0.1) is 18.7 Å². The van der Waals surface area contributed by atoms with Crippen molar-refractivity contribution in [3.05, 3.63) is 47.5 Å². The summed E-state index contributed by atoms with van der Waals surface area (Å²) < 4.78 is 14.9. The van der Waals surface area contributed by atoms with Crippen LogP contribution >= 0.6 is 0 Å². The molecule has 0 saturated heterocycles. The van der Waals surface area contributed by atoms with Crippen molar-refractivity contribution in [3.63, 3.8) is 0 Å². The molecule has 1 aromatic heterocycles. The van der Waals surface area contributed by atoms with Gasteiger partial charge in [-0.1, -0.05) is 19.3 Å². The van der Waals surface area contributed by atoms with Gasteiger partial charge in [0.15, 0.2) is 0 Å². The van der Waals surface area contributed by atoms with Gasteiger partial charge < -0.3 is 5.32 Å². The van der Waals surface area contributed by atoms with Gasteiger partial charge in [0.2, 0.25) is 5.91 Å². The van der Waals surface area contributed by atoms with E-state index in [1.165, 1.54) is 44.2 Å². The lowest BCUT2D eigenvalue weighted by atomic mass is 9.87. The van der Waals surface area contributed by atoms with Crippen molar-refractivity contribution in [3.8, 4) is 5.69 Å². The van der Waals surface area contributed by atoms with E-state index >= 15 is 0 Å². The summed E-state index contributed by atoms with van der Waals surface area (Å²) >= 11 is 0. The SMILES string of the molecule is Cc1c(C(C)NC(=O)CC2CCCCC2)cnn1-c1ccc(F)cc1. The van der Waals surface area contributed by atoms with Crippen LogP contribution in [0.25, 0.3) is 5.69 Å². The average Bonchev–Trinajstić information content (AvgIpc) is 2.98. The van der Waals surface area contributed by atoms with Crippen molar-refractivity contribution in [2.75, 3.05) is 0 Å². The molecular formula is C20H26FN3O. The molecule has 134 valence electrons. The van der Waals surface area contributed by atoms with Crippen LogP contribution in [0.4, 0.5) is 4.39 Å². The van der Waals surface area contributed by atoms with E-state index < -0.39 is 0 Å². The minimum absolute atomic E-state index is 0.0923. The third-order valence-electron chi connectivity index (χ3n) is 5.16. The smallest absolute Gasteiger partial charge is 0.220 e. The van der Waals surface area contributed by atoms with Crippen molar-refractivity contribution in [2.24, 2.45) is 5.92 Å². The number of nitrogens with one attached hydrogen (secondary N) is 1. The van der Waals surface area contributed by atoms with E-state index in [1.807, 2.05) is 13.8 Å². The first-order valence-corrected chi connectivity index (χ1v) is 9.14. The lowest BCUT2D eigenvalue weighted by Gasteiger charge is -2.22. The van der Waals surface area contributed by atoms with Gasteiger partial charge in [0.05, 0.1) is 17.9 Å². The summed E-state index contributed by atoms with van der Waals surface area (Å²) in [6.45, 7) is 3.95. The first kappa shape index (κ1) is 17.6. The zero-order valence-corrected chi connectivity index (χ0v) is 15.0. The molecule has 3 rings (SSSR count). The zero-order valence-electron chi connectivity index (χ0n) is 15.0.